The minimum absolute atomic E-state index is 0.0141. The highest BCUT2D eigenvalue weighted by molar-refractivity contribution is 9.09. The molecule has 0 aliphatic carbocycles. The number of carbonyl (C=O) groups excluding carboxylic acids is 1. The fourth-order valence-corrected chi connectivity index (χ4v) is 1.70. The van der Waals surface area contributed by atoms with Crippen molar-refractivity contribution in [1.82, 2.24) is 0 Å². The Balaban J connectivity index is 3.56. The summed E-state index contributed by atoms with van der Waals surface area (Å²) >= 11 is 2.96. The fraction of sp³-hybridized carbons (Fsp3) is 0.300. The minimum Gasteiger partial charge on any atom is -0.502 e. The van der Waals surface area contributed by atoms with E-state index in [4.69, 9.17) is 0 Å². The normalized spacial score (nSPS) is 10.2. The Bertz CT molecular complexity index is 470. The molecular weight excluding hydrogens is 278 g/mol. The van der Waals surface area contributed by atoms with Crippen LogP contribution in [-0.4, -0.2) is 21.1 Å². The van der Waals surface area contributed by atoms with E-state index < -0.39 is 16.4 Å². The van der Waals surface area contributed by atoms with Crippen molar-refractivity contribution < 1.29 is 14.8 Å². The maximum absolute atomic E-state index is 11.4. The number of nitro groups is 1. The number of carbonyl (C=O) groups is 1. The van der Waals surface area contributed by atoms with E-state index in [1.807, 2.05) is 0 Å². The van der Waals surface area contributed by atoms with E-state index >= 15 is 0 Å². The lowest BCUT2D eigenvalue weighted by Gasteiger charge is -2.07. The number of nitrogens with zero attached hydrogens (tertiary/aromatic N) is 1. The van der Waals surface area contributed by atoms with E-state index in [1.54, 1.807) is 6.92 Å². The lowest BCUT2D eigenvalue weighted by Crippen LogP contribution is -2.05. The van der Waals surface area contributed by atoms with Gasteiger partial charge in [0.1, 0.15) is 0 Å². The maximum atomic E-state index is 11.4. The average Bonchev–Trinajstić information content (AvgIpc) is 2.22. The lowest BCUT2D eigenvalue weighted by molar-refractivity contribution is -0.386. The zero-order chi connectivity index (χ0) is 12.5. The van der Waals surface area contributed by atoms with Gasteiger partial charge in [0.15, 0.2) is 5.78 Å². The van der Waals surface area contributed by atoms with Gasteiger partial charge >= 0.3 is 5.69 Å². The summed E-state index contributed by atoms with van der Waals surface area (Å²) in [5, 5.41) is 20.5. The van der Waals surface area contributed by atoms with Gasteiger partial charge in [0.05, 0.1) is 15.8 Å². The molecule has 0 heterocycles. The van der Waals surface area contributed by atoms with Crippen LogP contribution >= 0.6 is 15.9 Å². The molecule has 5 nitrogen and oxygen atoms in total. The third-order valence-corrected chi connectivity index (χ3v) is 2.90. The number of Topliss-reactive ketones (excluding diaryl/α,β-unsaturated/α-hetero) is 1. The molecule has 0 saturated carbocycles. The first-order chi connectivity index (χ1) is 7.40. The molecule has 0 atom stereocenters. The Kier molecular flexibility index (Phi) is 3.64. The number of alkyl halides is 1. The number of benzene rings is 1. The standard InChI is InChI=1S/C10H10BrNO4/c1-5-3-7(8(13)4-11)10(14)9(6(5)2)12(15)16/h3,14H,4H2,1-2H3. The first-order valence-corrected chi connectivity index (χ1v) is 5.59. The maximum Gasteiger partial charge on any atom is 0.314 e. The topological polar surface area (TPSA) is 80.4 Å². The van der Waals surface area contributed by atoms with Crippen LogP contribution in [0.4, 0.5) is 5.69 Å². The first kappa shape index (κ1) is 12.6. The van der Waals surface area contributed by atoms with Gasteiger partial charge in [0.25, 0.3) is 0 Å². The highest BCUT2D eigenvalue weighted by Crippen LogP contribution is 2.35. The van der Waals surface area contributed by atoms with Gasteiger partial charge in [-0.3, -0.25) is 14.9 Å². The van der Waals surface area contributed by atoms with Crippen molar-refractivity contribution in [3.8, 4) is 5.75 Å². The second-order valence-electron chi connectivity index (χ2n) is 3.38. The molecule has 0 unspecified atom stereocenters. The van der Waals surface area contributed by atoms with E-state index in [9.17, 15) is 20.0 Å². The van der Waals surface area contributed by atoms with Crippen LogP contribution in [-0.2, 0) is 0 Å². The molecule has 0 saturated heterocycles. The summed E-state index contributed by atoms with van der Waals surface area (Å²) in [6.45, 7) is 3.20. The van der Waals surface area contributed by atoms with E-state index in [1.165, 1.54) is 13.0 Å². The Labute approximate surface area is 100 Å². The smallest absolute Gasteiger partial charge is 0.314 e. The van der Waals surface area contributed by atoms with E-state index in [-0.39, 0.29) is 16.7 Å². The molecular formula is C10H10BrNO4. The van der Waals surface area contributed by atoms with Crippen molar-refractivity contribution in [2.45, 2.75) is 13.8 Å². The summed E-state index contributed by atoms with van der Waals surface area (Å²) in [7, 11) is 0. The Morgan fingerprint density at radius 1 is 1.56 bits per heavy atom. The summed E-state index contributed by atoms with van der Waals surface area (Å²) in [6.07, 6.45) is 0. The Morgan fingerprint density at radius 3 is 2.56 bits per heavy atom. The second-order valence-corrected chi connectivity index (χ2v) is 3.94. The van der Waals surface area contributed by atoms with Crippen molar-refractivity contribution in [1.29, 1.82) is 0 Å². The van der Waals surface area contributed by atoms with Gasteiger partial charge in [-0.05, 0) is 25.5 Å². The second kappa shape index (κ2) is 4.61. The van der Waals surface area contributed by atoms with Gasteiger partial charge < -0.3 is 5.11 Å². The summed E-state index contributed by atoms with van der Waals surface area (Å²) in [6, 6.07) is 1.46. The number of halogens is 1. The van der Waals surface area contributed by atoms with Crippen molar-refractivity contribution >= 4 is 27.4 Å². The SMILES string of the molecule is Cc1cc(C(=O)CBr)c(O)c([N+](=O)[O-])c1C. The molecule has 0 fully saturated rings. The fourth-order valence-electron chi connectivity index (χ4n) is 1.39. The molecule has 0 spiro atoms. The highest BCUT2D eigenvalue weighted by Gasteiger charge is 2.25. The molecule has 1 aromatic carbocycles. The quantitative estimate of drug-likeness (QED) is 0.401. The molecule has 0 aromatic heterocycles. The molecule has 1 rings (SSSR count). The number of hydrogen-bond acceptors (Lipinski definition) is 4. The monoisotopic (exact) mass is 287 g/mol. The van der Waals surface area contributed by atoms with Crippen LogP contribution in [0.1, 0.15) is 21.5 Å². The molecule has 1 aromatic rings. The molecule has 16 heavy (non-hydrogen) atoms. The lowest BCUT2D eigenvalue weighted by atomic mass is 10.0. The number of rotatable bonds is 3. The number of phenolic OH excluding ortho intramolecular Hbond substituents is 1. The Morgan fingerprint density at radius 2 is 2.12 bits per heavy atom. The molecule has 86 valence electrons. The molecule has 0 aliphatic rings. The first-order valence-electron chi connectivity index (χ1n) is 4.46. The van der Waals surface area contributed by atoms with Crippen molar-refractivity contribution in [3.63, 3.8) is 0 Å². The summed E-state index contributed by atoms with van der Waals surface area (Å²) < 4.78 is 0. The van der Waals surface area contributed by atoms with Crippen LogP contribution in [0, 0.1) is 24.0 Å². The molecule has 0 aliphatic heterocycles. The predicted octanol–water partition coefficient (Wildman–Crippen LogP) is 2.49. The van der Waals surface area contributed by atoms with Crippen LogP contribution in [0.25, 0.3) is 0 Å². The van der Waals surface area contributed by atoms with E-state index in [2.05, 4.69) is 15.9 Å². The number of ketones is 1. The van der Waals surface area contributed by atoms with Gasteiger partial charge in [-0.25, -0.2) is 0 Å². The van der Waals surface area contributed by atoms with Gasteiger partial charge in [-0.2, -0.15) is 0 Å². The zero-order valence-electron chi connectivity index (χ0n) is 8.78. The van der Waals surface area contributed by atoms with Gasteiger partial charge in [0.2, 0.25) is 5.75 Å². The van der Waals surface area contributed by atoms with Crippen molar-refractivity contribution in [3.05, 3.63) is 32.9 Å². The number of hydrogen-bond donors (Lipinski definition) is 1. The van der Waals surface area contributed by atoms with Crippen molar-refractivity contribution in [2.24, 2.45) is 0 Å². The van der Waals surface area contributed by atoms with Crippen LogP contribution in [0.3, 0.4) is 0 Å². The van der Waals surface area contributed by atoms with Crippen molar-refractivity contribution in [2.75, 3.05) is 5.33 Å². The van der Waals surface area contributed by atoms with Crippen LogP contribution < -0.4 is 0 Å². The summed E-state index contributed by atoms with van der Waals surface area (Å²) in [4.78, 5) is 21.5. The van der Waals surface area contributed by atoms with Gasteiger partial charge in [-0.1, -0.05) is 15.9 Å². The molecule has 0 radical (unpaired) electrons. The van der Waals surface area contributed by atoms with E-state index in [0.717, 1.165) is 0 Å². The summed E-state index contributed by atoms with van der Waals surface area (Å²) in [5.74, 6) is -0.943. The number of aryl methyl sites for hydroxylation is 1. The molecule has 0 amide bonds. The van der Waals surface area contributed by atoms with E-state index in [0.29, 0.717) is 11.1 Å². The summed E-state index contributed by atoms with van der Waals surface area (Å²) in [5.41, 5.74) is 0.554. The van der Waals surface area contributed by atoms with Gasteiger partial charge in [-0.15, -0.1) is 0 Å². The van der Waals surface area contributed by atoms with Crippen LogP contribution in [0.2, 0.25) is 0 Å². The molecule has 0 bridgehead atoms. The van der Waals surface area contributed by atoms with Crippen LogP contribution in [0.5, 0.6) is 5.75 Å². The zero-order valence-corrected chi connectivity index (χ0v) is 10.4. The average molecular weight is 288 g/mol. The largest absolute Gasteiger partial charge is 0.502 e. The highest BCUT2D eigenvalue weighted by atomic mass is 79.9. The predicted molar refractivity (Wildman–Crippen MR) is 62.4 cm³/mol. The van der Waals surface area contributed by atoms with Gasteiger partial charge in [0, 0.05) is 5.56 Å². The molecule has 1 N–H and O–H groups in total. The third-order valence-electron chi connectivity index (χ3n) is 2.39. The third kappa shape index (κ3) is 2.06. The number of phenols is 1. The number of aromatic hydroxyl groups is 1. The van der Waals surface area contributed by atoms with Crippen LogP contribution in [0.15, 0.2) is 6.07 Å². The minimum atomic E-state index is -0.678. The Hall–Kier alpha value is -1.43. The number of nitro benzene ring substituents is 1. The molecule has 6 heteroatoms.